The van der Waals surface area contributed by atoms with Crippen molar-refractivity contribution in [1.82, 2.24) is 4.31 Å². The lowest BCUT2D eigenvalue weighted by atomic mass is 10.1. The fraction of sp³-hybridized carbons (Fsp3) is 0.333. The van der Waals surface area contributed by atoms with Crippen LogP contribution in [0.25, 0.3) is 0 Å². The van der Waals surface area contributed by atoms with Crippen LogP contribution in [-0.4, -0.2) is 31.6 Å². The second kappa shape index (κ2) is 7.85. The zero-order valence-electron chi connectivity index (χ0n) is 13.6. The first kappa shape index (κ1) is 18.4. The van der Waals surface area contributed by atoms with E-state index < -0.39 is 15.8 Å². The van der Waals surface area contributed by atoms with Gasteiger partial charge in [0.05, 0.1) is 5.75 Å². The Bertz CT molecular complexity index is 842. The van der Waals surface area contributed by atoms with Gasteiger partial charge in [-0.1, -0.05) is 36.4 Å². The maximum Gasteiger partial charge on any atom is 0.218 e. The molecule has 1 aliphatic heterocycles. The summed E-state index contributed by atoms with van der Waals surface area (Å²) in [5.74, 6) is -0.549. The van der Waals surface area contributed by atoms with Crippen LogP contribution >= 0.6 is 11.8 Å². The number of hydrogen-bond acceptors (Lipinski definition) is 3. The molecular weight excluding hydrogens is 364 g/mol. The number of benzene rings is 2. The van der Waals surface area contributed by atoms with Crippen molar-refractivity contribution < 1.29 is 17.2 Å². The molecule has 1 saturated heterocycles. The van der Waals surface area contributed by atoms with Gasteiger partial charge in [-0.25, -0.2) is 21.5 Å². The number of hydrogen-bond donors (Lipinski definition) is 0. The van der Waals surface area contributed by atoms with Crippen LogP contribution in [0.4, 0.5) is 8.78 Å². The molecular formula is C18H19F2NO2S2. The first-order valence-corrected chi connectivity index (χ1v) is 10.7. The van der Waals surface area contributed by atoms with Gasteiger partial charge in [-0.2, -0.15) is 11.8 Å². The molecule has 3 rings (SSSR count). The minimum absolute atomic E-state index is 0.0742. The highest BCUT2D eigenvalue weighted by Crippen LogP contribution is 2.36. The lowest BCUT2D eigenvalue weighted by Gasteiger charge is -2.20. The van der Waals surface area contributed by atoms with Crippen molar-refractivity contribution in [3.8, 4) is 0 Å². The first-order valence-electron chi connectivity index (χ1n) is 8.04. The maximum atomic E-state index is 14.0. The van der Waals surface area contributed by atoms with E-state index in [1.165, 1.54) is 28.6 Å². The third-order valence-corrected chi connectivity index (χ3v) is 7.38. The summed E-state index contributed by atoms with van der Waals surface area (Å²) in [7, 11) is -3.61. The van der Waals surface area contributed by atoms with Gasteiger partial charge in [0.1, 0.15) is 11.6 Å². The summed E-state index contributed by atoms with van der Waals surface area (Å²) in [5, 5.41) is -0.0742. The van der Waals surface area contributed by atoms with Crippen LogP contribution in [0.1, 0.15) is 22.8 Å². The van der Waals surface area contributed by atoms with E-state index in [0.717, 1.165) is 0 Å². The normalized spacial score (nSPS) is 19.5. The Kier molecular flexibility index (Phi) is 5.76. The molecule has 7 heteroatoms. The maximum absolute atomic E-state index is 14.0. The Labute approximate surface area is 151 Å². The van der Waals surface area contributed by atoms with E-state index in [0.29, 0.717) is 30.8 Å². The van der Waals surface area contributed by atoms with Crippen LogP contribution in [0.2, 0.25) is 0 Å². The smallest absolute Gasteiger partial charge is 0.212 e. The summed E-state index contributed by atoms with van der Waals surface area (Å²) in [6.07, 6.45) is 0.530. The lowest BCUT2D eigenvalue weighted by Crippen LogP contribution is -2.34. The van der Waals surface area contributed by atoms with Crippen LogP contribution in [0.15, 0.2) is 48.5 Å². The molecule has 0 spiro atoms. The minimum atomic E-state index is -3.61. The molecule has 0 amide bonds. The van der Waals surface area contributed by atoms with Crippen LogP contribution in [0.5, 0.6) is 0 Å². The highest BCUT2D eigenvalue weighted by atomic mass is 32.2. The number of halogens is 2. The molecule has 0 N–H and O–H groups in total. The molecule has 0 radical (unpaired) electrons. The zero-order chi connectivity index (χ0) is 17.9. The molecule has 1 unspecified atom stereocenters. The predicted octanol–water partition coefficient (Wildman–Crippen LogP) is 3.97. The van der Waals surface area contributed by atoms with Crippen molar-refractivity contribution in [3.63, 3.8) is 0 Å². The van der Waals surface area contributed by atoms with Crippen molar-refractivity contribution in [3.05, 3.63) is 71.3 Å². The van der Waals surface area contributed by atoms with Gasteiger partial charge >= 0.3 is 0 Å². The quantitative estimate of drug-likeness (QED) is 0.802. The summed E-state index contributed by atoms with van der Waals surface area (Å²) < 4.78 is 54.4. The van der Waals surface area contributed by atoms with E-state index in [1.807, 2.05) is 0 Å². The van der Waals surface area contributed by atoms with Gasteiger partial charge in [-0.05, 0) is 18.6 Å². The monoisotopic (exact) mass is 383 g/mol. The highest BCUT2D eigenvalue weighted by molar-refractivity contribution is 7.99. The molecule has 0 saturated carbocycles. The van der Waals surface area contributed by atoms with E-state index >= 15 is 0 Å². The van der Waals surface area contributed by atoms with Crippen LogP contribution < -0.4 is 0 Å². The molecule has 3 nitrogen and oxygen atoms in total. The Balaban J connectivity index is 1.72. The summed E-state index contributed by atoms with van der Waals surface area (Å²) in [6, 6.07) is 12.5. The average Bonchev–Trinajstić information content (AvgIpc) is 2.84. The van der Waals surface area contributed by atoms with E-state index in [1.54, 1.807) is 36.0 Å². The fourth-order valence-electron chi connectivity index (χ4n) is 2.92. The molecule has 1 atom stereocenters. The van der Waals surface area contributed by atoms with Gasteiger partial charge in [-0.15, -0.1) is 0 Å². The highest BCUT2D eigenvalue weighted by Gasteiger charge is 2.28. The molecule has 1 heterocycles. The van der Waals surface area contributed by atoms with Crippen LogP contribution in [-0.2, 0) is 15.8 Å². The standard InChI is InChI=1S/C18H19F2NO2S2/c19-16-7-3-1-5-14(16)13-25(22,23)21-10-9-18(24-12-11-21)15-6-2-4-8-17(15)20/h1-8,18H,9-13H2. The Morgan fingerprint density at radius 1 is 1.00 bits per heavy atom. The second-order valence-corrected chi connectivity index (χ2v) is 9.20. The third-order valence-electron chi connectivity index (χ3n) is 4.24. The van der Waals surface area contributed by atoms with Gasteiger partial charge in [0.2, 0.25) is 10.0 Å². The molecule has 1 fully saturated rings. The lowest BCUT2D eigenvalue weighted by molar-refractivity contribution is 0.425. The largest absolute Gasteiger partial charge is 0.218 e. The summed E-state index contributed by atoms with van der Waals surface area (Å²) >= 11 is 1.56. The van der Waals surface area contributed by atoms with Crippen molar-refractivity contribution in [2.24, 2.45) is 0 Å². The second-order valence-electron chi connectivity index (χ2n) is 5.92. The van der Waals surface area contributed by atoms with Crippen molar-refractivity contribution in [2.45, 2.75) is 17.4 Å². The number of rotatable bonds is 4. The molecule has 134 valence electrons. The molecule has 1 aliphatic rings. The van der Waals surface area contributed by atoms with E-state index in [4.69, 9.17) is 0 Å². The van der Waals surface area contributed by atoms with Gasteiger partial charge in [0, 0.05) is 35.2 Å². The zero-order valence-corrected chi connectivity index (χ0v) is 15.2. The van der Waals surface area contributed by atoms with Crippen LogP contribution in [0.3, 0.4) is 0 Å². The summed E-state index contributed by atoms with van der Waals surface area (Å²) in [6.45, 7) is 0.662. The van der Waals surface area contributed by atoms with Crippen molar-refractivity contribution in [2.75, 3.05) is 18.8 Å². The Morgan fingerprint density at radius 3 is 2.40 bits per heavy atom. The molecule has 0 aromatic heterocycles. The molecule has 2 aromatic rings. The molecule has 2 aromatic carbocycles. The fourth-order valence-corrected chi connectivity index (χ4v) is 5.85. The van der Waals surface area contributed by atoms with Crippen LogP contribution in [0, 0.1) is 11.6 Å². The Hall–Kier alpha value is -1.44. The average molecular weight is 383 g/mol. The summed E-state index contributed by atoms with van der Waals surface area (Å²) in [4.78, 5) is 0. The number of thioether (sulfide) groups is 1. The van der Waals surface area contributed by atoms with E-state index in [9.17, 15) is 17.2 Å². The van der Waals surface area contributed by atoms with Gasteiger partial charge in [0.25, 0.3) is 0 Å². The molecule has 0 bridgehead atoms. The van der Waals surface area contributed by atoms with E-state index in [-0.39, 0.29) is 22.4 Å². The van der Waals surface area contributed by atoms with Crippen molar-refractivity contribution >= 4 is 21.8 Å². The Morgan fingerprint density at radius 2 is 1.68 bits per heavy atom. The number of nitrogens with zero attached hydrogens (tertiary/aromatic N) is 1. The molecule has 0 aliphatic carbocycles. The first-order chi connectivity index (χ1) is 12.0. The third kappa shape index (κ3) is 4.40. The number of sulfonamides is 1. The topological polar surface area (TPSA) is 37.4 Å². The van der Waals surface area contributed by atoms with Gasteiger partial charge in [-0.3, -0.25) is 0 Å². The molecule has 25 heavy (non-hydrogen) atoms. The van der Waals surface area contributed by atoms with E-state index in [2.05, 4.69) is 0 Å². The van der Waals surface area contributed by atoms with Gasteiger partial charge in [0.15, 0.2) is 0 Å². The predicted molar refractivity (Wildman–Crippen MR) is 96.8 cm³/mol. The summed E-state index contributed by atoms with van der Waals surface area (Å²) in [5.41, 5.74) is 0.783. The van der Waals surface area contributed by atoms with Gasteiger partial charge < -0.3 is 0 Å². The SMILES string of the molecule is O=S(=O)(Cc1ccccc1F)N1CCSC(c2ccccc2F)CC1. The minimum Gasteiger partial charge on any atom is -0.212 e. The van der Waals surface area contributed by atoms with Crippen molar-refractivity contribution in [1.29, 1.82) is 0 Å².